The minimum absolute atomic E-state index is 0.261. The molecule has 5 rings (SSSR count). The molecule has 0 fully saturated rings. The summed E-state index contributed by atoms with van der Waals surface area (Å²) in [6.45, 7) is 2.78. The van der Waals surface area contributed by atoms with Crippen LogP contribution in [0.15, 0.2) is 73.2 Å². The lowest BCUT2D eigenvalue weighted by Crippen LogP contribution is -2.31. The van der Waals surface area contributed by atoms with Crippen LogP contribution >= 0.6 is 11.3 Å². The van der Waals surface area contributed by atoms with Gasteiger partial charge in [0.15, 0.2) is 5.13 Å². The Kier molecular flexibility index (Phi) is 5.43. The summed E-state index contributed by atoms with van der Waals surface area (Å²) in [5, 5.41) is 0.566. The fourth-order valence-corrected chi connectivity index (χ4v) is 4.38. The minimum Gasteiger partial charge on any atom is -0.492 e. The summed E-state index contributed by atoms with van der Waals surface area (Å²) in [6.07, 6.45) is 4.96. The SMILES string of the molecule is CCOc1cccc2sc(N(Cc3cccnc3)C(=O)c3cnc4ccccc4n3)nc12. The lowest BCUT2D eigenvalue weighted by molar-refractivity contribution is 0.0980. The molecule has 3 aromatic heterocycles. The van der Waals surface area contributed by atoms with Crippen molar-refractivity contribution >= 4 is 43.6 Å². The molecule has 0 aliphatic rings. The molecule has 158 valence electrons. The molecule has 3 heterocycles. The van der Waals surface area contributed by atoms with Crippen molar-refractivity contribution in [3.8, 4) is 5.75 Å². The van der Waals surface area contributed by atoms with E-state index in [1.165, 1.54) is 17.5 Å². The number of thiazole rings is 1. The molecule has 0 N–H and O–H groups in total. The monoisotopic (exact) mass is 441 g/mol. The van der Waals surface area contributed by atoms with Gasteiger partial charge in [0.05, 0.1) is 35.1 Å². The van der Waals surface area contributed by atoms with Gasteiger partial charge in [-0.15, -0.1) is 0 Å². The molecule has 0 saturated heterocycles. The van der Waals surface area contributed by atoms with E-state index in [9.17, 15) is 4.79 Å². The molecular weight excluding hydrogens is 422 g/mol. The summed E-state index contributed by atoms with van der Waals surface area (Å²) in [5.41, 5.74) is 3.30. The molecule has 2 aromatic carbocycles. The Hall–Kier alpha value is -3.91. The molecule has 8 heteroatoms. The second-order valence-corrected chi connectivity index (χ2v) is 8.04. The maximum atomic E-state index is 13.6. The number of fused-ring (bicyclic) bond motifs is 2. The zero-order valence-electron chi connectivity index (χ0n) is 17.3. The van der Waals surface area contributed by atoms with Gasteiger partial charge in [0.2, 0.25) is 0 Å². The Morgan fingerprint density at radius 2 is 1.88 bits per heavy atom. The fourth-order valence-electron chi connectivity index (χ4n) is 3.40. The number of benzene rings is 2. The van der Waals surface area contributed by atoms with E-state index in [4.69, 9.17) is 9.72 Å². The van der Waals surface area contributed by atoms with E-state index in [0.717, 1.165) is 21.3 Å². The first-order valence-corrected chi connectivity index (χ1v) is 11.0. The lowest BCUT2D eigenvalue weighted by Gasteiger charge is -2.19. The van der Waals surface area contributed by atoms with Crippen molar-refractivity contribution in [2.75, 3.05) is 11.5 Å². The summed E-state index contributed by atoms with van der Waals surface area (Å²) in [4.78, 5) is 33.1. The standard InChI is InChI=1S/C24H19N5O2S/c1-2-31-20-10-5-11-21-22(20)28-24(32-21)29(15-16-7-6-12-25-13-16)23(30)19-14-26-17-8-3-4-9-18(17)27-19/h3-14H,2,15H2,1H3. The first-order chi connectivity index (χ1) is 15.7. The number of aromatic nitrogens is 4. The van der Waals surface area contributed by atoms with Crippen LogP contribution in [0.5, 0.6) is 5.75 Å². The number of para-hydroxylation sites is 3. The van der Waals surface area contributed by atoms with E-state index >= 15 is 0 Å². The Balaban J connectivity index is 1.59. The molecular formula is C24H19N5O2S. The van der Waals surface area contributed by atoms with Crippen LogP contribution in [-0.4, -0.2) is 32.4 Å². The van der Waals surface area contributed by atoms with Crippen LogP contribution in [0, 0.1) is 0 Å². The van der Waals surface area contributed by atoms with Gasteiger partial charge in [-0.25, -0.2) is 9.97 Å². The summed E-state index contributed by atoms with van der Waals surface area (Å²) in [6, 6.07) is 17.0. The largest absolute Gasteiger partial charge is 0.492 e. The molecule has 7 nitrogen and oxygen atoms in total. The van der Waals surface area contributed by atoms with Gasteiger partial charge >= 0.3 is 0 Å². The van der Waals surface area contributed by atoms with Crippen molar-refractivity contribution in [3.63, 3.8) is 0 Å². The third kappa shape index (κ3) is 3.88. The summed E-state index contributed by atoms with van der Waals surface area (Å²) >= 11 is 1.44. The van der Waals surface area contributed by atoms with Crippen LogP contribution in [0.25, 0.3) is 21.3 Å². The third-order valence-corrected chi connectivity index (χ3v) is 5.92. The maximum Gasteiger partial charge on any atom is 0.280 e. The Morgan fingerprint density at radius 3 is 2.69 bits per heavy atom. The lowest BCUT2D eigenvalue weighted by atomic mass is 10.2. The van der Waals surface area contributed by atoms with Gasteiger partial charge in [-0.05, 0) is 42.8 Å². The van der Waals surface area contributed by atoms with Gasteiger partial charge in [0.25, 0.3) is 5.91 Å². The smallest absolute Gasteiger partial charge is 0.280 e. The van der Waals surface area contributed by atoms with Crippen LogP contribution in [-0.2, 0) is 6.54 Å². The number of hydrogen-bond acceptors (Lipinski definition) is 7. The molecule has 0 aliphatic heterocycles. The topological polar surface area (TPSA) is 81.1 Å². The van der Waals surface area contributed by atoms with Crippen molar-refractivity contribution in [3.05, 3.63) is 84.4 Å². The number of pyridine rings is 1. The molecule has 0 atom stereocenters. The summed E-state index contributed by atoms with van der Waals surface area (Å²) in [7, 11) is 0. The van der Waals surface area contributed by atoms with Crippen molar-refractivity contribution < 1.29 is 9.53 Å². The number of ether oxygens (including phenoxy) is 1. The van der Waals surface area contributed by atoms with Crippen molar-refractivity contribution in [2.45, 2.75) is 13.5 Å². The molecule has 1 amide bonds. The van der Waals surface area contributed by atoms with Crippen LogP contribution in [0.2, 0.25) is 0 Å². The zero-order valence-corrected chi connectivity index (χ0v) is 18.1. The number of carbonyl (C=O) groups excluding carboxylic acids is 1. The highest BCUT2D eigenvalue weighted by Crippen LogP contribution is 2.35. The number of carbonyl (C=O) groups is 1. The van der Waals surface area contributed by atoms with Gasteiger partial charge in [0.1, 0.15) is 17.0 Å². The number of rotatable bonds is 6. The highest BCUT2D eigenvalue weighted by Gasteiger charge is 2.24. The number of amides is 1. The first-order valence-electron chi connectivity index (χ1n) is 10.2. The van der Waals surface area contributed by atoms with Gasteiger partial charge in [0, 0.05) is 12.4 Å². The maximum absolute atomic E-state index is 13.6. The Bertz CT molecular complexity index is 1400. The second kappa shape index (κ2) is 8.68. The first kappa shape index (κ1) is 20.0. The molecule has 0 spiro atoms. The Labute approximate surface area is 188 Å². The quantitative estimate of drug-likeness (QED) is 0.374. The van der Waals surface area contributed by atoms with Gasteiger partial charge < -0.3 is 4.74 Å². The van der Waals surface area contributed by atoms with Crippen LogP contribution in [0.3, 0.4) is 0 Å². The van der Waals surface area contributed by atoms with Crippen LogP contribution in [0.4, 0.5) is 5.13 Å². The highest BCUT2D eigenvalue weighted by molar-refractivity contribution is 7.22. The van der Waals surface area contributed by atoms with E-state index in [2.05, 4.69) is 15.0 Å². The summed E-state index contributed by atoms with van der Waals surface area (Å²) in [5.74, 6) is 0.427. The number of nitrogens with zero attached hydrogens (tertiary/aromatic N) is 5. The highest BCUT2D eigenvalue weighted by atomic mass is 32.1. The van der Waals surface area contributed by atoms with Gasteiger partial charge in [-0.2, -0.15) is 0 Å². The van der Waals surface area contributed by atoms with Gasteiger partial charge in [-0.3, -0.25) is 19.7 Å². The number of hydrogen-bond donors (Lipinski definition) is 0. The van der Waals surface area contributed by atoms with E-state index in [1.807, 2.05) is 61.5 Å². The molecule has 0 bridgehead atoms. The van der Waals surface area contributed by atoms with Crippen molar-refractivity contribution in [1.82, 2.24) is 19.9 Å². The van der Waals surface area contributed by atoms with Crippen molar-refractivity contribution in [2.24, 2.45) is 0 Å². The van der Waals surface area contributed by atoms with E-state index in [0.29, 0.717) is 29.5 Å². The zero-order chi connectivity index (χ0) is 21.9. The van der Waals surface area contributed by atoms with E-state index in [1.54, 1.807) is 17.3 Å². The third-order valence-electron chi connectivity index (χ3n) is 4.88. The molecule has 32 heavy (non-hydrogen) atoms. The Morgan fingerprint density at radius 1 is 1.00 bits per heavy atom. The molecule has 5 aromatic rings. The van der Waals surface area contributed by atoms with E-state index in [-0.39, 0.29) is 11.6 Å². The van der Waals surface area contributed by atoms with E-state index < -0.39 is 0 Å². The predicted octanol–water partition coefficient (Wildman–Crippen LogP) is 4.88. The molecule has 0 saturated carbocycles. The van der Waals surface area contributed by atoms with Gasteiger partial charge in [-0.1, -0.05) is 35.6 Å². The number of anilines is 1. The molecule has 0 unspecified atom stereocenters. The predicted molar refractivity (Wildman–Crippen MR) is 125 cm³/mol. The average molecular weight is 442 g/mol. The molecule has 0 aliphatic carbocycles. The second-order valence-electron chi connectivity index (χ2n) is 7.03. The van der Waals surface area contributed by atoms with Crippen LogP contribution in [0.1, 0.15) is 23.0 Å². The summed E-state index contributed by atoms with van der Waals surface area (Å²) < 4.78 is 6.68. The minimum atomic E-state index is -0.274. The van der Waals surface area contributed by atoms with Crippen LogP contribution < -0.4 is 9.64 Å². The fraction of sp³-hybridized carbons (Fsp3) is 0.125. The average Bonchev–Trinajstić information content (AvgIpc) is 3.28. The molecule has 0 radical (unpaired) electrons. The van der Waals surface area contributed by atoms with Crippen molar-refractivity contribution in [1.29, 1.82) is 0 Å². The normalized spacial score (nSPS) is 11.0.